The molecule has 2 aromatic rings. The molecule has 1 aliphatic heterocycles. The Balaban J connectivity index is 1.75. The first-order valence-electron chi connectivity index (χ1n) is 7.99. The van der Waals surface area contributed by atoms with Gasteiger partial charge in [-0.2, -0.15) is 0 Å². The lowest BCUT2D eigenvalue weighted by Crippen LogP contribution is -2.44. The largest absolute Gasteiger partial charge is 0.364 e. The first kappa shape index (κ1) is 15.1. The number of benzene rings is 1. The third-order valence-corrected chi connectivity index (χ3v) is 5.05. The number of anilines is 1. The molecule has 0 bridgehead atoms. The van der Waals surface area contributed by atoms with E-state index in [4.69, 9.17) is 0 Å². The topological polar surface area (TPSA) is 66.9 Å². The number of rotatable bonds is 2. The highest BCUT2D eigenvalue weighted by Crippen LogP contribution is 2.41. The Morgan fingerprint density at radius 1 is 1.25 bits per heavy atom. The van der Waals surface area contributed by atoms with Crippen LogP contribution in [0, 0.1) is 11.6 Å². The predicted octanol–water partition coefficient (Wildman–Crippen LogP) is 2.42. The van der Waals surface area contributed by atoms with Gasteiger partial charge < -0.3 is 5.32 Å². The van der Waals surface area contributed by atoms with Crippen molar-refractivity contribution in [2.24, 2.45) is 0 Å². The fourth-order valence-electron chi connectivity index (χ4n) is 3.37. The van der Waals surface area contributed by atoms with Crippen LogP contribution in [0.4, 0.5) is 14.6 Å². The fourth-order valence-corrected chi connectivity index (χ4v) is 3.37. The molecule has 2 heterocycles. The fraction of sp³-hybridized carbons (Fsp3) is 0.412. The second-order valence-electron chi connectivity index (χ2n) is 6.82. The van der Waals surface area contributed by atoms with Gasteiger partial charge >= 0.3 is 5.69 Å². The molecule has 5 nitrogen and oxygen atoms in total. The summed E-state index contributed by atoms with van der Waals surface area (Å²) in [5.74, 6) is -0.728. The van der Waals surface area contributed by atoms with Crippen LogP contribution in [0.2, 0.25) is 0 Å². The van der Waals surface area contributed by atoms with Crippen molar-refractivity contribution in [1.29, 1.82) is 0 Å². The zero-order valence-electron chi connectivity index (χ0n) is 13.2. The van der Waals surface area contributed by atoms with Crippen molar-refractivity contribution in [1.82, 2.24) is 9.55 Å². The molecular weight excluding hydrogens is 316 g/mol. The Labute approximate surface area is 136 Å². The summed E-state index contributed by atoms with van der Waals surface area (Å²) in [6.07, 6.45) is 2.46. The normalized spacial score (nSPS) is 21.0. The highest BCUT2D eigenvalue weighted by molar-refractivity contribution is 5.48. The van der Waals surface area contributed by atoms with Crippen LogP contribution in [0.5, 0.6) is 0 Å². The van der Waals surface area contributed by atoms with Crippen molar-refractivity contribution < 1.29 is 8.78 Å². The van der Waals surface area contributed by atoms with E-state index in [-0.39, 0.29) is 11.1 Å². The van der Waals surface area contributed by atoms with Crippen LogP contribution in [0.15, 0.2) is 27.8 Å². The van der Waals surface area contributed by atoms with E-state index in [2.05, 4.69) is 10.3 Å². The second-order valence-corrected chi connectivity index (χ2v) is 6.82. The Morgan fingerprint density at radius 2 is 2.00 bits per heavy atom. The molecule has 0 spiro atoms. The van der Waals surface area contributed by atoms with Crippen molar-refractivity contribution in [2.75, 3.05) is 5.32 Å². The summed E-state index contributed by atoms with van der Waals surface area (Å²) in [5, 5.41) is 2.99. The van der Waals surface area contributed by atoms with Crippen LogP contribution in [0.25, 0.3) is 0 Å². The van der Waals surface area contributed by atoms with Gasteiger partial charge in [-0.25, -0.2) is 13.6 Å². The van der Waals surface area contributed by atoms with E-state index < -0.39 is 28.9 Å². The number of nitrogens with zero attached hydrogens (tertiary/aromatic N) is 1. The van der Waals surface area contributed by atoms with E-state index in [1.165, 1.54) is 4.57 Å². The standard InChI is InChI=1S/C17H17F2N3O2/c1-17(6-7-17)22-15(23)10-3-5-13(20-14(10)21-16(22)24)11-8-9(18)2-4-12(11)19/h2,4,8,13,20H,3,5-7H2,1H3,(H,21,24)/t13-/m1/s1. The first-order chi connectivity index (χ1) is 11.4. The molecule has 1 fully saturated rings. The molecule has 2 aliphatic rings. The molecule has 1 aliphatic carbocycles. The highest BCUT2D eigenvalue weighted by atomic mass is 19.1. The number of fused-ring (bicyclic) bond motifs is 1. The number of hydrogen-bond donors (Lipinski definition) is 2. The maximum absolute atomic E-state index is 14.0. The molecule has 0 radical (unpaired) electrons. The van der Waals surface area contributed by atoms with Gasteiger partial charge in [0.25, 0.3) is 5.56 Å². The SMILES string of the molecule is CC1(n2c(=O)[nH]c3c(c2=O)CC[C@H](c2cc(F)ccc2F)N3)CC1. The van der Waals surface area contributed by atoms with Gasteiger partial charge in [0, 0.05) is 5.56 Å². The molecule has 0 saturated heterocycles. The number of aromatic amines is 1. The Morgan fingerprint density at radius 3 is 2.71 bits per heavy atom. The summed E-state index contributed by atoms with van der Waals surface area (Å²) < 4.78 is 28.7. The van der Waals surface area contributed by atoms with E-state index in [0.29, 0.717) is 24.2 Å². The summed E-state index contributed by atoms with van der Waals surface area (Å²) in [6.45, 7) is 1.89. The van der Waals surface area contributed by atoms with E-state index in [1.54, 1.807) is 0 Å². The average molecular weight is 333 g/mol. The summed E-state index contributed by atoms with van der Waals surface area (Å²) in [6, 6.07) is 2.79. The maximum Gasteiger partial charge on any atom is 0.330 e. The number of hydrogen-bond acceptors (Lipinski definition) is 3. The molecule has 1 aromatic heterocycles. The Kier molecular flexibility index (Phi) is 3.16. The van der Waals surface area contributed by atoms with E-state index in [0.717, 1.165) is 31.0 Å². The number of nitrogens with one attached hydrogen (secondary N) is 2. The molecular formula is C17H17F2N3O2. The molecule has 1 aromatic carbocycles. The van der Waals surface area contributed by atoms with E-state index >= 15 is 0 Å². The molecule has 7 heteroatoms. The monoisotopic (exact) mass is 333 g/mol. The maximum atomic E-state index is 14.0. The van der Waals surface area contributed by atoms with Crippen LogP contribution in [0.3, 0.4) is 0 Å². The summed E-state index contributed by atoms with van der Waals surface area (Å²) in [7, 11) is 0. The van der Waals surface area contributed by atoms with Crippen LogP contribution in [-0.4, -0.2) is 9.55 Å². The number of H-pyrrole nitrogens is 1. The molecule has 2 N–H and O–H groups in total. The van der Waals surface area contributed by atoms with Crippen molar-refractivity contribution in [3.63, 3.8) is 0 Å². The third kappa shape index (κ3) is 2.26. The lowest BCUT2D eigenvalue weighted by molar-refractivity contribution is 0.476. The van der Waals surface area contributed by atoms with E-state index in [1.807, 2.05) is 6.92 Å². The van der Waals surface area contributed by atoms with E-state index in [9.17, 15) is 18.4 Å². The van der Waals surface area contributed by atoms with Crippen molar-refractivity contribution in [3.8, 4) is 0 Å². The average Bonchev–Trinajstić information content (AvgIpc) is 3.27. The molecule has 0 amide bonds. The smallest absolute Gasteiger partial charge is 0.330 e. The van der Waals surface area contributed by atoms with Crippen molar-refractivity contribution in [3.05, 3.63) is 61.8 Å². The molecule has 0 unspecified atom stereocenters. The van der Waals surface area contributed by atoms with Gasteiger partial charge in [-0.3, -0.25) is 14.3 Å². The van der Waals surface area contributed by atoms with Gasteiger partial charge in [-0.1, -0.05) is 0 Å². The summed E-state index contributed by atoms with van der Waals surface area (Å²) >= 11 is 0. The van der Waals surface area contributed by atoms with Gasteiger partial charge in [0.05, 0.1) is 17.1 Å². The minimum absolute atomic E-state index is 0.194. The van der Waals surface area contributed by atoms with Gasteiger partial charge in [0.15, 0.2) is 0 Å². The molecule has 4 rings (SSSR count). The Bertz CT molecular complexity index is 944. The van der Waals surface area contributed by atoms with Crippen molar-refractivity contribution in [2.45, 2.75) is 44.2 Å². The van der Waals surface area contributed by atoms with Gasteiger partial charge in [-0.15, -0.1) is 0 Å². The molecule has 1 atom stereocenters. The van der Waals surface area contributed by atoms with Crippen LogP contribution in [0.1, 0.15) is 43.4 Å². The first-order valence-corrected chi connectivity index (χ1v) is 7.99. The zero-order valence-corrected chi connectivity index (χ0v) is 13.2. The molecule has 1 saturated carbocycles. The minimum Gasteiger partial charge on any atom is -0.364 e. The predicted molar refractivity (Wildman–Crippen MR) is 85.2 cm³/mol. The number of halogens is 2. The number of aromatic nitrogens is 2. The summed E-state index contributed by atoms with van der Waals surface area (Å²) in [5.41, 5.74) is -0.466. The Hall–Kier alpha value is -2.44. The molecule has 24 heavy (non-hydrogen) atoms. The quantitative estimate of drug-likeness (QED) is 0.887. The van der Waals surface area contributed by atoms with Crippen LogP contribution in [-0.2, 0) is 12.0 Å². The zero-order chi connectivity index (χ0) is 17.1. The third-order valence-electron chi connectivity index (χ3n) is 5.05. The molecule has 126 valence electrons. The lowest BCUT2D eigenvalue weighted by Gasteiger charge is -2.27. The minimum atomic E-state index is -0.524. The van der Waals surface area contributed by atoms with Gasteiger partial charge in [0.2, 0.25) is 0 Å². The van der Waals surface area contributed by atoms with Gasteiger partial charge in [0.1, 0.15) is 17.5 Å². The summed E-state index contributed by atoms with van der Waals surface area (Å²) in [4.78, 5) is 27.6. The van der Waals surface area contributed by atoms with Gasteiger partial charge in [-0.05, 0) is 50.8 Å². The van der Waals surface area contributed by atoms with Crippen molar-refractivity contribution >= 4 is 5.82 Å². The van der Waals surface area contributed by atoms with Crippen LogP contribution >= 0.6 is 0 Å². The second kappa shape index (κ2) is 5.03. The van der Waals surface area contributed by atoms with Crippen LogP contribution < -0.4 is 16.6 Å². The highest BCUT2D eigenvalue weighted by Gasteiger charge is 2.42. The lowest BCUT2D eigenvalue weighted by atomic mass is 9.95.